The largest absolute Gasteiger partial charge is 0.323 e. The number of fused-ring (bicyclic) bond motifs is 1. The number of rotatable bonds is 4. The molecule has 3 rings (SSSR count). The minimum absolute atomic E-state index is 0.566. The Hall–Kier alpha value is -1.33. The Kier molecular flexibility index (Phi) is 4.04. The van der Waals surface area contributed by atoms with Gasteiger partial charge in [0.15, 0.2) is 0 Å². The third-order valence-electron chi connectivity index (χ3n) is 3.77. The van der Waals surface area contributed by atoms with Crippen LogP contribution in [0, 0.1) is 6.92 Å². The number of alkyl halides is 1. The van der Waals surface area contributed by atoms with Gasteiger partial charge in [-0.15, -0.1) is 11.6 Å². The van der Waals surface area contributed by atoms with Crippen LogP contribution in [0.15, 0.2) is 28.9 Å². The van der Waals surface area contributed by atoms with Crippen LogP contribution < -0.4 is 0 Å². The SMILES string of the molecule is Cc1c(Cn2c(CCCl)nc3cc(Br)ccc32)cnn1C. The molecule has 0 bridgehead atoms. The molecule has 2 aromatic heterocycles. The van der Waals surface area contributed by atoms with Gasteiger partial charge in [-0.25, -0.2) is 4.98 Å². The second-order valence-corrected chi connectivity index (χ2v) is 6.36. The Bertz CT molecular complexity index is 790. The normalized spacial score (nSPS) is 11.4. The van der Waals surface area contributed by atoms with Gasteiger partial charge in [-0.2, -0.15) is 5.10 Å². The first-order valence-corrected chi connectivity index (χ1v) is 8.11. The lowest BCUT2D eigenvalue weighted by atomic mass is 10.2. The minimum atomic E-state index is 0.566. The van der Waals surface area contributed by atoms with Gasteiger partial charge in [0.2, 0.25) is 0 Å². The van der Waals surface area contributed by atoms with E-state index < -0.39 is 0 Å². The van der Waals surface area contributed by atoms with Crippen LogP contribution in [0.3, 0.4) is 0 Å². The fourth-order valence-corrected chi connectivity index (χ4v) is 2.99. The second-order valence-electron chi connectivity index (χ2n) is 5.07. The first-order chi connectivity index (χ1) is 10.1. The summed E-state index contributed by atoms with van der Waals surface area (Å²) in [5.41, 5.74) is 4.49. The zero-order valence-electron chi connectivity index (χ0n) is 12.0. The molecule has 0 spiro atoms. The predicted molar refractivity (Wildman–Crippen MR) is 88.9 cm³/mol. The Morgan fingerprint density at radius 1 is 1.33 bits per heavy atom. The van der Waals surface area contributed by atoms with Crippen LogP contribution >= 0.6 is 27.5 Å². The van der Waals surface area contributed by atoms with Crippen LogP contribution in [0.4, 0.5) is 0 Å². The minimum Gasteiger partial charge on any atom is -0.323 e. The maximum absolute atomic E-state index is 5.93. The topological polar surface area (TPSA) is 35.6 Å². The number of imidazole rings is 1. The van der Waals surface area contributed by atoms with Crippen molar-refractivity contribution in [3.05, 3.63) is 46.0 Å². The van der Waals surface area contributed by atoms with E-state index in [-0.39, 0.29) is 0 Å². The molecular formula is C15H16BrClN4. The summed E-state index contributed by atoms with van der Waals surface area (Å²) >= 11 is 9.42. The zero-order valence-corrected chi connectivity index (χ0v) is 14.3. The number of nitrogens with zero attached hydrogens (tertiary/aromatic N) is 4. The van der Waals surface area contributed by atoms with Crippen LogP contribution in [-0.2, 0) is 20.0 Å². The summed E-state index contributed by atoms with van der Waals surface area (Å²) < 4.78 is 5.16. The third-order valence-corrected chi connectivity index (χ3v) is 4.46. The van der Waals surface area contributed by atoms with Crippen LogP contribution in [0.5, 0.6) is 0 Å². The van der Waals surface area contributed by atoms with E-state index in [0.29, 0.717) is 5.88 Å². The van der Waals surface area contributed by atoms with Crippen LogP contribution in [0.1, 0.15) is 17.1 Å². The summed E-state index contributed by atoms with van der Waals surface area (Å²) in [6.07, 6.45) is 2.68. The van der Waals surface area contributed by atoms with Crippen molar-refractivity contribution in [1.29, 1.82) is 0 Å². The molecule has 0 aliphatic carbocycles. The molecule has 4 nitrogen and oxygen atoms in total. The van der Waals surface area contributed by atoms with E-state index in [1.54, 1.807) is 0 Å². The standard InChI is InChI=1S/C15H16BrClN4/c1-10-11(8-18-20(10)2)9-21-14-4-3-12(16)7-13(14)19-15(21)5-6-17/h3-4,7-8H,5-6,9H2,1-2H3. The summed E-state index contributed by atoms with van der Waals surface area (Å²) in [5.74, 6) is 1.58. The smallest absolute Gasteiger partial charge is 0.111 e. The molecule has 0 fully saturated rings. The molecule has 0 aliphatic heterocycles. The fraction of sp³-hybridized carbons (Fsp3) is 0.333. The van der Waals surface area contributed by atoms with E-state index in [4.69, 9.17) is 16.6 Å². The summed E-state index contributed by atoms with van der Waals surface area (Å²) in [4.78, 5) is 4.72. The maximum Gasteiger partial charge on any atom is 0.111 e. The van der Waals surface area contributed by atoms with Crippen molar-refractivity contribution in [2.75, 3.05) is 5.88 Å². The van der Waals surface area contributed by atoms with Gasteiger partial charge in [-0.1, -0.05) is 15.9 Å². The maximum atomic E-state index is 5.93. The Morgan fingerprint density at radius 3 is 2.81 bits per heavy atom. The van der Waals surface area contributed by atoms with Crippen LogP contribution in [-0.4, -0.2) is 25.2 Å². The second kappa shape index (κ2) is 5.81. The van der Waals surface area contributed by atoms with Gasteiger partial charge in [0.25, 0.3) is 0 Å². The molecule has 0 amide bonds. The lowest BCUT2D eigenvalue weighted by Crippen LogP contribution is -2.07. The molecule has 0 atom stereocenters. The average molecular weight is 368 g/mol. The van der Waals surface area contributed by atoms with Crippen molar-refractivity contribution in [2.45, 2.75) is 19.9 Å². The first-order valence-electron chi connectivity index (χ1n) is 6.78. The predicted octanol–water partition coefficient (Wildman–Crippen LogP) is 3.67. The number of benzene rings is 1. The average Bonchev–Trinajstić information content (AvgIpc) is 2.94. The first kappa shape index (κ1) is 14.6. The molecule has 21 heavy (non-hydrogen) atoms. The molecule has 2 heterocycles. The highest BCUT2D eigenvalue weighted by Gasteiger charge is 2.13. The fourth-order valence-electron chi connectivity index (χ4n) is 2.47. The molecule has 110 valence electrons. The molecule has 0 unspecified atom stereocenters. The van der Waals surface area contributed by atoms with Crippen molar-refractivity contribution in [1.82, 2.24) is 19.3 Å². The van der Waals surface area contributed by atoms with Gasteiger partial charge in [0.1, 0.15) is 5.82 Å². The Labute approximate surface area is 136 Å². The molecule has 0 saturated heterocycles. The van der Waals surface area contributed by atoms with Crippen molar-refractivity contribution in [3.8, 4) is 0 Å². The zero-order chi connectivity index (χ0) is 15.0. The van der Waals surface area contributed by atoms with Crippen molar-refractivity contribution in [2.24, 2.45) is 7.05 Å². The van der Waals surface area contributed by atoms with Gasteiger partial charge >= 0.3 is 0 Å². The molecule has 6 heteroatoms. The van der Waals surface area contributed by atoms with Crippen LogP contribution in [0.25, 0.3) is 11.0 Å². The highest BCUT2D eigenvalue weighted by molar-refractivity contribution is 9.10. The number of aryl methyl sites for hydroxylation is 2. The number of hydrogen-bond acceptors (Lipinski definition) is 2. The van der Waals surface area contributed by atoms with Gasteiger partial charge < -0.3 is 4.57 Å². The molecule has 0 saturated carbocycles. The van der Waals surface area contributed by atoms with Crippen LogP contribution in [0.2, 0.25) is 0 Å². The van der Waals surface area contributed by atoms with Crippen molar-refractivity contribution < 1.29 is 0 Å². The quantitative estimate of drug-likeness (QED) is 0.660. The molecule has 0 aliphatic rings. The molecule has 0 radical (unpaired) electrons. The van der Waals surface area contributed by atoms with Crippen molar-refractivity contribution in [3.63, 3.8) is 0 Å². The molecule has 3 aromatic rings. The summed E-state index contributed by atoms with van der Waals surface area (Å²) in [6.45, 7) is 2.85. The lowest BCUT2D eigenvalue weighted by molar-refractivity contribution is 0.724. The highest BCUT2D eigenvalue weighted by Crippen LogP contribution is 2.23. The van der Waals surface area contributed by atoms with Gasteiger partial charge in [-0.3, -0.25) is 4.68 Å². The van der Waals surface area contributed by atoms with E-state index in [2.05, 4.69) is 38.6 Å². The van der Waals surface area contributed by atoms with E-state index in [1.165, 1.54) is 11.3 Å². The van der Waals surface area contributed by atoms with E-state index in [0.717, 1.165) is 34.3 Å². The third kappa shape index (κ3) is 2.72. The Balaban J connectivity index is 2.10. The molecule has 0 N–H and O–H groups in total. The number of hydrogen-bond donors (Lipinski definition) is 0. The molecular weight excluding hydrogens is 352 g/mol. The highest BCUT2D eigenvalue weighted by atomic mass is 79.9. The van der Waals surface area contributed by atoms with E-state index >= 15 is 0 Å². The summed E-state index contributed by atoms with van der Waals surface area (Å²) in [5, 5.41) is 4.32. The van der Waals surface area contributed by atoms with E-state index in [9.17, 15) is 0 Å². The van der Waals surface area contributed by atoms with Gasteiger partial charge in [0.05, 0.1) is 23.8 Å². The summed E-state index contributed by atoms with van der Waals surface area (Å²) in [6, 6.07) is 6.18. The monoisotopic (exact) mass is 366 g/mol. The van der Waals surface area contributed by atoms with E-state index in [1.807, 2.05) is 30.1 Å². The lowest BCUT2D eigenvalue weighted by Gasteiger charge is -2.08. The number of aromatic nitrogens is 4. The summed E-state index contributed by atoms with van der Waals surface area (Å²) in [7, 11) is 1.96. The Morgan fingerprint density at radius 2 is 2.14 bits per heavy atom. The van der Waals surface area contributed by atoms with Crippen molar-refractivity contribution >= 4 is 38.6 Å². The van der Waals surface area contributed by atoms with Gasteiger partial charge in [-0.05, 0) is 25.1 Å². The molecule has 1 aromatic carbocycles. The number of halogens is 2. The van der Waals surface area contributed by atoms with Gasteiger partial charge in [0, 0.05) is 35.1 Å².